The fourth-order valence-corrected chi connectivity index (χ4v) is 3.22. The summed E-state index contributed by atoms with van der Waals surface area (Å²) in [4.78, 5) is 37.9. The first kappa shape index (κ1) is 13.6. The van der Waals surface area contributed by atoms with E-state index in [1.165, 1.54) is 4.90 Å². The van der Waals surface area contributed by atoms with Gasteiger partial charge in [-0.15, -0.1) is 0 Å². The highest BCUT2D eigenvalue weighted by Gasteiger charge is 2.42. The summed E-state index contributed by atoms with van der Waals surface area (Å²) in [6.45, 7) is 0.516. The zero-order valence-corrected chi connectivity index (χ0v) is 11.4. The molecule has 0 aromatic heterocycles. The molecule has 0 aliphatic carbocycles. The summed E-state index contributed by atoms with van der Waals surface area (Å²) in [6, 6.07) is 5.94. The van der Waals surface area contributed by atoms with Gasteiger partial charge in [-0.2, -0.15) is 0 Å². The second-order valence-electron chi connectivity index (χ2n) is 5.38. The van der Waals surface area contributed by atoms with Gasteiger partial charge in [-0.1, -0.05) is 18.2 Å². The van der Waals surface area contributed by atoms with E-state index in [1.54, 1.807) is 12.1 Å². The molecule has 2 unspecified atom stereocenters. The molecule has 1 aromatic rings. The van der Waals surface area contributed by atoms with E-state index in [0.717, 1.165) is 23.2 Å². The standard InChI is InChI=1S/C15H16N2O4/c18-9-11-5-3-7-16(11)14(19)13-8-10-4-1-2-6-12(10)17(13)15(20)21/h1-2,4,6,9,11,13H,3,5,7-8H2,(H,20,21). The SMILES string of the molecule is O=CC1CCCN1C(=O)C1Cc2ccccc2N1C(=O)O. The number of para-hydroxylation sites is 1. The molecule has 2 heterocycles. The van der Waals surface area contributed by atoms with E-state index in [2.05, 4.69) is 0 Å². The van der Waals surface area contributed by atoms with Crippen molar-refractivity contribution in [2.75, 3.05) is 11.4 Å². The Bertz CT molecular complexity index is 601. The first-order valence-electron chi connectivity index (χ1n) is 6.99. The number of carbonyl (C=O) groups excluding carboxylic acids is 2. The minimum absolute atomic E-state index is 0.275. The van der Waals surface area contributed by atoms with Crippen molar-refractivity contribution in [3.8, 4) is 0 Å². The maximum atomic E-state index is 12.7. The highest BCUT2D eigenvalue weighted by molar-refractivity contribution is 6.00. The Labute approximate surface area is 122 Å². The van der Waals surface area contributed by atoms with Crippen LogP contribution in [0.25, 0.3) is 0 Å². The van der Waals surface area contributed by atoms with Crippen LogP contribution in [0.15, 0.2) is 24.3 Å². The number of nitrogens with zero attached hydrogens (tertiary/aromatic N) is 2. The number of rotatable bonds is 2. The van der Waals surface area contributed by atoms with Crippen LogP contribution in [-0.4, -0.2) is 46.9 Å². The van der Waals surface area contributed by atoms with Gasteiger partial charge in [0.1, 0.15) is 12.3 Å². The molecule has 2 aliphatic heterocycles. The lowest BCUT2D eigenvalue weighted by molar-refractivity contribution is -0.135. The molecule has 21 heavy (non-hydrogen) atoms. The first-order valence-corrected chi connectivity index (χ1v) is 6.99. The number of fused-ring (bicyclic) bond motifs is 1. The summed E-state index contributed by atoms with van der Waals surface area (Å²) in [5.41, 5.74) is 1.41. The van der Waals surface area contributed by atoms with Crippen LogP contribution in [0.5, 0.6) is 0 Å². The van der Waals surface area contributed by atoms with E-state index in [0.29, 0.717) is 25.1 Å². The van der Waals surface area contributed by atoms with Gasteiger partial charge in [-0.05, 0) is 24.5 Å². The lowest BCUT2D eigenvalue weighted by Crippen LogP contribution is -2.51. The van der Waals surface area contributed by atoms with E-state index in [9.17, 15) is 19.5 Å². The molecule has 0 radical (unpaired) electrons. The second kappa shape index (κ2) is 5.20. The third-order valence-electron chi connectivity index (χ3n) is 4.21. The Kier molecular flexibility index (Phi) is 3.37. The average Bonchev–Trinajstić information content (AvgIpc) is 3.10. The second-order valence-corrected chi connectivity index (χ2v) is 5.38. The Hall–Kier alpha value is -2.37. The van der Waals surface area contributed by atoms with Gasteiger partial charge in [0.05, 0.1) is 11.7 Å². The Morgan fingerprint density at radius 1 is 1.29 bits per heavy atom. The largest absolute Gasteiger partial charge is 0.465 e. The molecule has 1 aromatic carbocycles. The topological polar surface area (TPSA) is 77.9 Å². The van der Waals surface area contributed by atoms with Crippen LogP contribution in [0.2, 0.25) is 0 Å². The fraction of sp³-hybridized carbons (Fsp3) is 0.400. The summed E-state index contributed by atoms with van der Waals surface area (Å²) in [5.74, 6) is -0.275. The van der Waals surface area contributed by atoms with Gasteiger partial charge < -0.3 is 14.8 Å². The van der Waals surface area contributed by atoms with Gasteiger partial charge in [0.15, 0.2) is 0 Å². The lowest BCUT2D eigenvalue weighted by Gasteiger charge is -2.28. The molecule has 2 amide bonds. The van der Waals surface area contributed by atoms with Crippen molar-refractivity contribution in [1.29, 1.82) is 0 Å². The quantitative estimate of drug-likeness (QED) is 0.832. The fourth-order valence-electron chi connectivity index (χ4n) is 3.22. The minimum atomic E-state index is -1.14. The molecule has 2 atom stereocenters. The number of likely N-dealkylation sites (tertiary alicyclic amines) is 1. The van der Waals surface area contributed by atoms with Crippen molar-refractivity contribution >= 4 is 24.0 Å². The van der Waals surface area contributed by atoms with Gasteiger partial charge in [0.25, 0.3) is 0 Å². The summed E-state index contributed by atoms with van der Waals surface area (Å²) in [5, 5.41) is 9.43. The Morgan fingerprint density at radius 3 is 2.76 bits per heavy atom. The third-order valence-corrected chi connectivity index (χ3v) is 4.21. The van der Waals surface area contributed by atoms with Crippen molar-refractivity contribution in [3.63, 3.8) is 0 Å². The predicted octanol–water partition coefficient (Wildman–Crippen LogP) is 1.29. The monoisotopic (exact) mass is 288 g/mol. The third kappa shape index (κ3) is 2.16. The van der Waals surface area contributed by atoms with Crippen molar-refractivity contribution in [2.24, 2.45) is 0 Å². The molecule has 110 valence electrons. The molecule has 2 aliphatic rings. The van der Waals surface area contributed by atoms with E-state index in [4.69, 9.17) is 0 Å². The normalized spacial score (nSPS) is 24.0. The van der Waals surface area contributed by atoms with Crippen LogP contribution in [-0.2, 0) is 16.0 Å². The molecule has 1 saturated heterocycles. The highest BCUT2D eigenvalue weighted by atomic mass is 16.4. The van der Waals surface area contributed by atoms with Crippen LogP contribution in [0.4, 0.5) is 10.5 Å². The summed E-state index contributed by atoms with van der Waals surface area (Å²) in [6.07, 6.45) is 1.44. The number of amides is 2. The van der Waals surface area contributed by atoms with Crippen molar-refractivity contribution in [3.05, 3.63) is 29.8 Å². The number of anilines is 1. The van der Waals surface area contributed by atoms with Crippen LogP contribution in [0.1, 0.15) is 18.4 Å². The Morgan fingerprint density at radius 2 is 2.05 bits per heavy atom. The predicted molar refractivity (Wildman–Crippen MR) is 75.2 cm³/mol. The maximum absolute atomic E-state index is 12.7. The van der Waals surface area contributed by atoms with Gasteiger partial charge >= 0.3 is 6.09 Å². The molecule has 1 fully saturated rings. The zero-order valence-electron chi connectivity index (χ0n) is 11.4. The molecule has 1 N–H and O–H groups in total. The summed E-state index contributed by atoms with van der Waals surface area (Å²) >= 11 is 0. The molecular weight excluding hydrogens is 272 g/mol. The highest BCUT2D eigenvalue weighted by Crippen LogP contribution is 2.33. The summed E-state index contributed by atoms with van der Waals surface area (Å²) < 4.78 is 0. The van der Waals surface area contributed by atoms with Gasteiger partial charge in [-0.3, -0.25) is 9.69 Å². The minimum Gasteiger partial charge on any atom is -0.465 e. The van der Waals surface area contributed by atoms with Crippen molar-refractivity contribution in [1.82, 2.24) is 4.90 Å². The lowest BCUT2D eigenvalue weighted by atomic mass is 10.1. The number of hydrogen-bond donors (Lipinski definition) is 1. The molecule has 0 bridgehead atoms. The van der Waals surface area contributed by atoms with E-state index in [-0.39, 0.29) is 5.91 Å². The number of hydrogen-bond acceptors (Lipinski definition) is 3. The van der Waals surface area contributed by atoms with E-state index < -0.39 is 18.2 Å². The van der Waals surface area contributed by atoms with Crippen LogP contribution < -0.4 is 4.90 Å². The van der Waals surface area contributed by atoms with Crippen LogP contribution in [0.3, 0.4) is 0 Å². The smallest absolute Gasteiger partial charge is 0.412 e. The average molecular weight is 288 g/mol. The van der Waals surface area contributed by atoms with Crippen molar-refractivity contribution < 1.29 is 19.5 Å². The summed E-state index contributed by atoms with van der Waals surface area (Å²) in [7, 11) is 0. The van der Waals surface area contributed by atoms with Gasteiger partial charge in [0, 0.05) is 13.0 Å². The molecule has 6 nitrogen and oxygen atoms in total. The number of carbonyl (C=O) groups is 3. The first-order chi connectivity index (χ1) is 10.1. The maximum Gasteiger partial charge on any atom is 0.412 e. The molecular formula is C15H16N2O4. The molecule has 0 saturated carbocycles. The number of aldehydes is 1. The van der Waals surface area contributed by atoms with Crippen molar-refractivity contribution in [2.45, 2.75) is 31.3 Å². The molecule has 0 spiro atoms. The van der Waals surface area contributed by atoms with E-state index >= 15 is 0 Å². The number of carboxylic acid groups (broad SMARTS) is 1. The zero-order chi connectivity index (χ0) is 15.0. The Balaban J connectivity index is 1.90. The molecule has 6 heteroatoms. The van der Waals surface area contributed by atoms with Gasteiger partial charge in [0.2, 0.25) is 5.91 Å². The number of benzene rings is 1. The van der Waals surface area contributed by atoms with Gasteiger partial charge in [-0.25, -0.2) is 4.79 Å². The van der Waals surface area contributed by atoms with Crippen LogP contribution in [0, 0.1) is 0 Å². The van der Waals surface area contributed by atoms with E-state index in [1.807, 2.05) is 12.1 Å². The van der Waals surface area contributed by atoms with Crippen LogP contribution >= 0.6 is 0 Å². The molecule has 3 rings (SSSR count).